The molecule has 1 aliphatic heterocycles. The Morgan fingerprint density at radius 2 is 1.56 bits per heavy atom. The van der Waals surface area contributed by atoms with Gasteiger partial charge in [0.25, 0.3) is 5.91 Å². The highest BCUT2D eigenvalue weighted by atomic mass is 32.2. The van der Waals surface area contributed by atoms with Crippen molar-refractivity contribution in [1.82, 2.24) is 0 Å². The van der Waals surface area contributed by atoms with E-state index in [4.69, 9.17) is 14.0 Å². The molecule has 8 nitrogen and oxygen atoms in total. The van der Waals surface area contributed by atoms with E-state index in [2.05, 4.69) is 10.0 Å². The van der Waals surface area contributed by atoms with Crippen molar-refractivity contribution in [2.45, 2.75) is 72.0 Å². The van der Waals surface area contributed by atoms with Gasteiger partial charge in [-0.25, -0.2) is 8.42 Å². The minimum Gasteiger partial charge on any atom is -0.492 e. The third-order valence-corrected chi connectivity index (χ3v) is 7.34. The smallest absolute Gasteiger partial charge is 0.492 e. The number of methoxy groups -OCH3 is 1. The van der Waals surface area contributed by atoms with Crippen molar-refractivity contribution in [3.05, 3.63) is 47.0 Å². The van der Waals surface area contributed by atoms with Gasteiger partial charge in [0, 0.05) is 5.56 Å². The van der Waals surface area contributed by atoms with Gasteiger partial charge in [-0.15, -0.1) is 0 Å². The fourth-order valence-electron chi connectivity index (χ4n) is 3.85. The Labute approximate surface area is 215 Å². The number of ether oxygens (including phenoxy) is 1. The van der Waals surface area contributed by atoms with E-state index in [-0.39, 0.29) is 22.8 Å². The molecule has 196 valence electrons. The fraction of sp³-hybridized carbons (Fsp3) is 0.500. The third-order valence-electron chi connectivity index (χ3n) is 6.75. The third kappa shape index (κ3) is 5.87. The molecule has 0 aromatic heterocycles. The molecule has 0 unspecified atom stereocenters. The molecule has 0 atom stereocenters. The molecule has 1 aliphatic rings. The Balaban J connectivity index is 2.01. The molecular weight excluding hydrogens is 479 g/mol. The molecule has 36 heavy (non-hydrogen) atoms. The average molecular weight is 516 g/mol. The van der Waals surface area contributed by atoms with E-state index in [1.165, 1.54) is 7.11 Å². The molecule has 2 aromatic carbocycles. The van der Waals surface area contributed by atoms with Crippen LogP contribution in [0.15, 0.2) is 30.3 Å². The summed E-state index contributed by atoms with van der Waals surface area (Å²) in [7, 11) is -2.76. The van der Waals surface area contributed by atoms with Gasteiger partial charge in [0.05, 0.1) is 35.9 Å². The molecule has 0 aliphatic carbocycles. The second kappa shape index (κ2) is 9.39. The standard InChI is InChI=1S/C26H37BN2O6S/c1-16-11-12-17(13-19(16)27-34-25(5,6)26(7,8)35-27)23(30)28-20-14-18(24(2,3)4)15-21(22(20)33-9)29-36(10,31)32/h11-15,29H,1-10H3,(H,28,30). The second-order valence-corrected chi connectivity index (χ2v) is 13.1. The highest BCUT2D eigenvalue weighted by Crippen LogP contribution is 2.40. The van der Waals surface area contributed by atoms with E-state index in [0.717, 1.165) is 22.8 Å². The summed E-state index contributed by atoms with van der Waals surface area (Å²) >= 11 is 0. The lowest BCUT2D eigenvalue weighted by Gasteiger charge is -2.32. The molecule has 2 N–H and O–H groups in total. The maximum Gasteiger partial charge on any atom is 0.495 e. The molecule has 1 saturated heterocycles. The number of rotatable bonds is 6. The maximum atomic E-state index is 13.4. The number of amides is 1. The van der Waals surface area contributed by atoms with Crippen molar-refractivity contribution in [1.29, 1.82) is 0 Å². The first kappa shape index (κ1) is 28.0. The number of aryl methyl sites for hydroxylation is 1. The van der Waals surface area contributed by atoms with Gasteiger partial charge in [0.15, 0.2) is 5.75 Å². The summed E-state index contributed by atoms with van der Waals surface area (Å²) in [5.41, 5.74) is 2.24. The zero-order chi connectivity index (χ0) is 27.3. The lowest BCUT2D eigenvalue weighted by Crippen LogP contribution is -2.41. The Morgan fingerprint density at radius 1 is 1.00 bits per heavy atom. The molecule has 10 heteroatoms. The number of carbonyl (C=O) groups excluding carboxylic acids is 1. The van der Waals surface area contributed by atoms with Crippen molar-refractivity contribution >= 4 is 39.9 Å². The van der Waals surface area contributed by atoms with Crippen molar-refractivity contribution in [3.63, 3.8) is 0 Å². The summed E-state index contributed by atoms with van der Waals surface area (Å²) < 4.78 is 44.4. The second-order valence-electron chi connectivity index (χ2n) is 11.3. The van der Waals surface area contributed by atoms with Crippen LogP contribution in [-0.4, -0.2) is 46.0 Å². The summed E-state index contributed by atoms with van der Waals surface area (Å²) in [5, 5.41) is 2.91. The number of benzene rings is 2. The number of hydrogen-bond donors (Lipinski definition) is 2. The van der Waals surface area contributed by atoms with Gasteiger partial charge in [0.2, 0.25) is 10.0 Å². The van der Waals surface area contributed by atoms with Crippen LogP contribution >= 0.6 is 0 Å². The van der Waals surface area contributed by atoms with Crippen LogP contribution in [0.3, 0.4) is 0 Å². The Bertz CT molecular complexity index is 1270. The van der Waals surface area contributed by atoms with Crippen LogP contribution in [0.1, 0.15) is 70.0 Å². The summed E-state index contributed by atoms with van der Waals surface area (Å²) in [5.74, 6) is -0.150. The normalized spacial score (nSPS) is 17.1. The Morgan fingerprint density at radius 3 is 2.06 bits per heavy atom. The van der Waals surface area contributed by atoms with E-state index in [1.54, 1.807) is 24.3 Å². The van der Waals surface area contributed by atoms with E-state index < -0.39 is 28.3 Å². The lowest BCUT2D eigenvalue weighted by atomic mass is 9.75. The average Bonchev–Trinajstić information content (AvgIpc) is 2.93. The van der Waals surface area contributed by atoms with Crippen molar-refractivity contribution < 1.29 is 27.3 Å². The first-order chi connectivity index (χ1) is 16.3. The van der Waals surface area contributed by atoms with Gasteiger partial charge in [-0.05, 0) is 75.3 Å². The summed E-state index contributed by atoms with van der Waals surface area (Å²) in [6.07, 6.45) is 1.07. The zero-order valence-corrected chi connectivity index (χ0v) is 23.6. The van der Waals surface area contributed by atoms with Crippen molar-refractivity contribution in [2.24, 2.45) is 0 Å². The van der Waals surface area contributed by atoms with Crippen molar-refractivity contribution in [2.75, 3.05) is 23.4 Å². The highest BCUT2D eigenvalue weighted by molar-refractivity contribution is 7.92. The minimum atomic E-state index is -3.58. The molecule has 1 fully saturated rings. The number of sulfonamides is 1. The highest BCUT2D eigenvalue weighted by Gasteiger charge is 2.52. The van der Waals surface area contributed by atoms with E-state index in [1.807, 2.05) is 61.5 Å². The summed E-state index contributed by atoms with van der Waals surface area (Å²) in [6, 6.07) is 8.87. The maximum absolute atomic E-state index is 13.4. The van der Waals surface area contributed by atoms with Crippen LogP contribution in [0.4, 0.5) is 11.4 Å². The van der Waals surface area contributed by atoms with Crippen LogP contribution in [0.5, 0.6) is 5.75 Å². The predicted molar refractivity (Wildman–Crippen MR) is 145 cm³/mol. The molecule has 0 radical (unpaired) electrons. The molecule has 1 amide bonds. The Kier molecular flexibility index (Phi) is 7.31. The quantitative estimate of drug-likeness (QED) is 0.558. The monoisotopic (exact) mass is 516 g/mol. The number of hydrogen-bond acceptors (Lipinski definition) is 6. The topological polar surface area (TPSA) is 103 Å². The first-order valence-corrected chi connectivity index (χ1v) is 13.7. The molecule has 1 heterocycles. The summed E-state index contributed by atoms with van der Waals surface area (Å²) in [4.78, 5) is 13.4. The van der Waals surface area contributed by atoms with Crippen LogP contribution < -0.4 is 20.2 Å². The SMILES string of the molecule is COc1c(NC(=O)c2ccc(C)c(B3OC(C)(C)C(C)(C)O3)c2)cc(C(C)(C)C)cc1NS(C)(=O)=O. The van der Waals surface area contributed by atoms with E-state index in [0.29, 0.717) is 11.3 Å². The fourth-order valence-corrected chi connectivity index (χ4v) is 4.40. The largest absolute Gasteiger partial charge is 0.495 e. The molecule has 0 saturated carbocycles. The zero-order valence-electron chi connectivity index (χ0n) is 22.8. The van der Waals surface area contributed by atoms with Gasteiger partial charge >= 0.3 is 7.12 Å². The number of nitrogens with one attached hydrogen (secondary N) is 2. The van der Waals surface area contributed by atoms with Gasteiger partial charge in [-0.2, -0.15) is 0 Å². The minimum absolute atomic E-state index is 0.222. The van der Waals surface area contributed by atoms with Gasteiger partial charge < -0.3 is 19.4 Å². The van der Waals surface area contributed by atoms with Gasteiger partial charge in [-0.3, -0.25) is 9.52 Å². The Hall–Kier alpha value is -2.56. The number of anilines is 2. The van der Waals surface area contributed by atoms with Gasteiger partial charge in [-0.1, -0.05) is 32.4 Å². The summed E-state index contributed by atoms with van der Waals surface area (Å²) in [6.45, 7) is 15.9. The van der Waals surface area contributed by atoms with Crippen LogP contribution in [0.25, 0.3) is 0 Å². The van der Waals surface area contributed by atoms with Crippen molar-refractivity contribution in [3.8, 4) is 5.75 Å². The van der Waals surface area contributed by atoms with Crippen LogP contribution in [0, 0.1) is 6.92 Å². The van der Waals surface area contributed by atoms with E-state index >= 15 is 0 Å². The predicted octanol–water partition coefficient (Wildman–Crippen LogP) is 4.22. The molecule has 3 rings (SSSR count). The van der Waals surface area contributed by atoms with E-state index in [9.17, 15) is 13.2 Å². The molecule has 0 spiro atoms. The number of carbonyl (C=O) groups is 1. The van der Waals surface area contributed by atoms with Crippen LogP contribution in [-0.2, 0) is 24.7 Å². The van der Waals surface area contributed by atoms with Gasteiger partial charge in [0.1, 0.15) is 0 Å². The molecule has 0 bridgehead atoms. The molecule has 2 aromatic rings. The molecular formula is C26H37BN2O6S. The lowest BCUT2D eigenvalue weighted by molar-refractivity contribution is 0.00578. The first-order valence-electron chi connectivity index (χ1n) is 11.8. The van der Waals surface area contributed by atoms with Crippen LogP contribution in [0.2, 0.25) is 0 Å².